The second-order valence-corrected chi connectivity index (χ2v) is 6.67. The van der Waals surface area contributed by atoms with Crippen LogP contribution in [-0.2, 0) is 0 Å². The van der Waals surface area contributed by atoms with Crippen LogP contribution in [0.1, 0.15) is 69.9 Å². The summed E-state index contributed by atoms with van der Waals surface area (Å²) in [5, 5.41) is 0. The van der Waals surface area contributed by atoms with Gasteiger partial charge in [0.2, 0.25) is 0 Å². The molecule has 0 saturated heterocycles. The largest absolute Gasteiger partial charge is 0.204 e. The summed E-state index contributed by atoms with van der Waals surface area (Å²) >= 11 is 0. The van der Waals surface area contributed by atoms with Crippen LogP contribution < -0.4 is 0 Å². The van der Waals surface area contributed by atoms with Gasteiger partial charge < -0.3 is 0 Å². The molecule has 0 aliphatic heterocycles. The average molecular weight is 348 g/mol. The molecule has 0 N–H and O–H groups in total. The molecular weight excluding hydrogens is 321 g/mol. The van der Waals surface area contributed by atoms with E-state index in [4.69, 9.17) is 0 Å². The van der Waals surface area contributed by atoms with Crippen LogP contribution in [0.3, 0.4) is 0 Å². The molecule has 1 aromatic rings. The van der Waals surface area contributed by atoms with E-state index in [2.05, 4.69) is 19.1 Å². The fraction of sp³-hybridized carbons (Fsp3) is 0.455. The Labute approximate surface area is 149 Å². The third kappa shape index (κ3) is 4.87. The quantitative estimate of drug-likeness (QED) is 0.511. The van der Waals surface area contributed by atoms with Crippen LogP contribution in [0.2, 0.25) is 0 Å². The second-order valence-electron chi connectivity index (χ2n) is 6.67. The van der Waals surface area contributed by atoms with Crippen molar-refractivity contribution in [1.29, 1.82) is 0 Å². The molecule has 0 aromatic heterocycles. The number of allylic oxidation sites excluding steroid dienone is 6. The topological polar surface area (TPSA) is 0 Å². The summed E-state index contributed by atoms with van der Waals surface area (Å²) < 4.78 is 40.1. The van der Waals surface area contributed by atoms with Crippen LogP contribution in [-0.4, -0.2) is 0 Å². The molecule has 1 aromatic carbocycles. The number of rotatable bonds is 2. The summed E-state index contributed by atoms with van der Waals surface area (Å²) in [5.41, 5.74) is 2.71. The minimum atomic E-state index is -1.41. The van der Waals surface area contributed by atoms with E-state index in [-0.39, 0.29) is 6.42 Å². The molecule has 1 fully saturated rings. The second kappa shape index (κ2) is 9.07. The first-order valence-corrected chi connectivity index (χ1v) is 9.27. The molecule has 2 aliphatic rings. The van der Waals surface area contributed by atoms with Gasteiger partial charge in [-0.05, 0) is 60.0 Å². The third-order valence-electron chi connectivity index (χ3n) is 4.99. The van der Waals surface area contributed by atoms with Crippen molar-refractivity contribution >= 4 is 5.57 Å². The average Bonchev–Trinajstić information content (AvgIpc) is 2.78. The van der Waals surface area contributed by atoms with Gasteiger partial charge in [-0.25, -0.2) is 13.2 Å². The van der Waals surface area contributed by atoms with E-state index in [9.17, 15) is 13.2 Å². The number of hydrogen-bond acceptors (Lipinski definition) is 0. The normalized spacial score (nSPS) is 23.9. The lowest BCUT2D eigenvalue weighted by molar-refractivity contribution is 0.348. The molecule has 3 rings (SSSR count). The highest BCUT2D eigenvalue weighted by molar-refractivity contribution is 5.70. The fourth-order valence-electron chi connectivity index (χ4n) is 3.44. The summed E-state index contributed by atoms with van der Waals surface area (Å²) in [6.07, 6.45) is 7.31. The van der Waals surface area contributed by atoms with Crippen molar-refractivity contribution in [3.63, 3.8) is 0 Å². The van der Waals surface area contributed by atoms with Crippen LogP contribution in [0, 0.1) is 5.92 Å². The summed E-state index contributed by atoms with van der Waals surface area (Å²) in [7, 11) is 0. The van der Waals surface area contributed by atoms with Gasteiger partial charge in [0.1, 0.15) is 0 Å². The zero-order chi connectivity index (χ0) is 18.4. The Kier molecular flexibility index (Phi) is 7.10. The Bertz CT molecular complexity index is 657. The zero-order valence-corrected chi connectivity index (χ0v) is 15.3. The lowest BCUT2D eigenvalue weighted by Gasteiger charge is -2.26. The molecule has 0 heterocycles. The van der Waals surface area contributed by atoms with Crippen molar-refractivity contribution in [2.24, 2.45) is 5.92 Å². The maximum Gasteiger partial charge on any atom is 0.194 e. The number of hydrogen-bond donors (Lipinski definition) is 0. The van der Waals surface area contributed by atoms with Crippen LogP contribution >= 0.6 is 0 Å². The molecule has 0 bridgehead atoms. The molecule has 136 valence electrons. The van der Waals surface area contributed by atoms with E-state index in [0.29, 0.717) is 11.5 Å². The highest BCUT2D eigenvalue weighted by atomic mass is 19.2. The predicted molar refractivity (Wildman–Crippen MR) is 99.2 cm³/mol. The van der Waals surface area contributed by atoms with Crippen molar-refractivity contribution in [3.05, 3.63) is 65.0 Å². The van der Waals surface area contributed by atoms with Gasteiger partial charge in [-0.1, -0.05) is 57.9 Å². The Morgan fingerprint density at radius 1 is 0.880 bits per heavy atom. The van der Waals surface area contributed by atoms with Crippen LogP contribution in [0.25, 0.3) is 5.57 Å². The molecule has 1 saturated carbocycles. The summed E-state index contributed by atoms with van der Waals surface area (Å²) in [4.78, 5) is 0. The molecule has 3 heteroatoms. The first-order chi connectivity index (χ1) is 12.0. The molecule has 0 amide bonds. The van der Waals surface area contributed by atoms with Gasteiger partial charge in [0.05, 0.1) is 0 Å². The van der Waals surface area contributed by atoms with Gasteiger partial charge in [0, 0.05) is 0 Å². The van der Waals surface area contributed by atoms with E-state index in [1.54, 1.807) is 0 Å². The summed E-state index contributed by atoms with van der Waals surface area (Å²) in [6, 6.07) is 8.00. The fourth-order valence-corrected chi connectivity index (χ4v) is 3.44. The molecule has 2 aliphatic carbocycles. The maximum atomic E-state index is 13.6. The van der Waals surface area contributed by atoms with Crippen molar-refractivity contribution in [1.82, 2.24) is 0 Å². The molecule has 25 heavy (non-hydrogen) atoms. The minimum Gasteiger partial charge on any atom is -0.204 e. The number of benzene rings is 1. The monoisotopic (exact) mass is 348 g/mol. The predicted octanol–water partition coefficient (Wildman–Crippen LogP) is 7.80. The highest BCUT2D eigenvalue weighted by Gasteiger charge is 2.20. The van der Waals surface area contributed by atoms with Gasteiger partial charge in [-0.3, -0.25) is 0 Å². The molecule has 0 nitrogen and oxygen atoms in total. The zero-order valence-electron chi connectivity index (χ0n) is 15.3. The van der Waals surface area contributed by atoms with Crippen molar-refractivity contribution in [2.75, 3.05) is 0 Å². The molecule has 0 unspecified atom stereocenters. The maximum absolute atomic E-state index is 13.6. The van der Waals surface area contributed by atoms with Crippen molar-refractivity contribution in [3.8, 4) is 0 Å². The lowest BCUT2D eigenvalue weighted by Crippen LogP contribution is -2.10. The highest BCUT2D eigenvalue weighted by Crippen LogP contribution is 2.36. The lowest BCUT2D eigenvalue weighted by atomic mass is 9.79. The first kappa shape index (κ1) is 19.6. The SMILES string of the molecule is CC.CC1CCC(c2ccc(C3=CC(F)=C(F)C(F)=CC3)cc2)CC1. The Morgan fingerprint density at radius 3 is 2.08 bits per heavy atom. The minimum absolute atomic E-state index is 0.187. The molecule has 0 radical (unpaired) electrons. The molecule has 0 spiro atoms. The third-order valence-corrected chi connectivity index (χ3v) is 4.99. The van der Waals surface area contributed by atoms with Crippen LogP contribution in [0.4, 0.5) is 13.2 Å². The summed E-state index contributed by atoms with van der Waals surface area (Å²) in [6.45, 7) is 6.30. The van der Waals surface area contributed by atoms with Gasteiger partial charge in [-0.2, -0.15) is 0 Å². The van der Waals surface area contributed by atoms with E-state index in [1.165, 1.54) is 31.2 Å². The Morgan fingerprint density at radius 2 is 1.48 bits per heavy atom. The molecule has 0 atom stereocenters. The van der Waals surface area contributed by atoms with Gasteiger partial charge in [-0.15, -0.1) is 0 Å². The van der Waals surface area contributed by atoms with Crippen LogP contribution in [0.15, 0.2) is 53.9 Å². The van der Waals surface area contributed by atoms with Gasteiger partial charge >= 0.3 is 0 Å². The first-order valence-electron chi connectivity index (χ1n) is 9.27. The van der Waals surface area contributed by atoms with Gasteiger partial charge in [0.15, 0.2) is 17.5 Å². The van der Waals surface area contributed by atoms with Crippen LogP contribution in [0.5, 0.6) is 0 Å². The van der Waals surface area contributed by atoms with Crippen molar-refractivity contribution < 1.29 is 13.2 Å². The Balaban J connectivity index is 0.00000109. The summed E-state index contributed by atoms with van der Waals surface area (Å²) in [5.74, 6) is -2.27. The van der Waals surface area contributed by atoms with E-state index < -0.39 is 17.5 Å². The smallest absolute Gasteiger partial charge is 0.194 e. The Hall–Kier alpha value is -1.77. The van der Waals surface area contributed by atoms with E-state index in [1.807, 2.05) is 26.0 Å². The van der Waals surface area contributed by atoms with Gasteiger partial charge in [0.25, 0.3) is 0 Å². The molecular formula is C22H27F3. The number of halogens is 3. The standard InChI is InChI=1S/C20H21F3.C2H6/c1-13-2-4-14(5-3-13)15-6-8-16(9-7-15)17-10-11-18(21)20(23)19(22)12-17;1-2/h6-9,11-14H,2-5,10H2,1H3;1-2H3. The van der Waals surface area contributed by atoms with E-state index in [0.717, 1.165) is 23.6 Å². The van der Waals surface area contributed by atoms with E-state index >= 15 is 0 Å². The van der Waals surface area contributed by atoms with Crippen molar-refractivity contribution in [2.45, 2.75) is 58.8 Å².